The fraction of sp³-hybridized carbons (Fsp3) is 0.105. The van der Waals surface area contributed by atoms with Crippen molar-refractivity contribution in [2.45, 2.75) is 13.3 Å². The van der Waals surface area contributed by atoms with Gasteiger partial charge in [0, 0.05) is 28.9 Å². The molecule has 0 amide bonds. The van der Waals surface area contributed by atoms with Crippen LogP contribution in [-0.2, 0) is 6.42 Å². The van der Waals surface area contributed by atoms with Gasteiger partial charge in [-0.05, 0) is 30.2 Å². The molecule has 3 nitrogen and oxygen atoms in total. The van der Waals surface area contributed by atoms with Crippen LogP contribution in [0.25, 0.3) is 16.6 Å². The quantitative estimate of drug-likeness (QED) is 0.507. The number of ketones is 1. The minimum atomic E-state index is -0.0153. The number of thiazole rings is 1. The molecule has 3 aromatic rings. The minimum absolute atomic E-state index is 0.0153. The van der Waals surface area contributed by atoms with Crippen molar-refractivity contribution < 1.29 is 4.79 Å². The van der Waals surface area contributed by atoms with Gasteiger partial charge in [0.2, 0.25) is 0 Å². The van der Waals surface area contributed by atoms with Crippen LogP contribution in [0.5, 0.6) is 0 Å². The molecule has 0 atom stereocenters. The summed E-state index contributed by atoms with van der Waals surface area (Å²) in [5, 5.41) is 2.91. The third-order valence-electron chi connectivity index (χ3n) is 3.50. The van der Waals surface area contributed by atoms with Crippen LogP contribution in [0.2, 0.25) is 0 Å². The maximum Gasteiger partial charge on any atom is 0.186 e. The molecule has 114 valence electrons. The second kappa shape index (κ2) is 7.11. The summed E-state index contributed by atoms with van der Waals surface area (Å²) in [7, 11) is 0. The molecule has 4 heteroatoms. The van der Waals surface area contributed by atoms with E-state index < -0.39 is 0 Å². The third kappa shape index (κ3) is 3.60. The van der Waals surface area contributed by atoms with Gasteiger partial charge >= 0.3 is 0 Å². The Labute approximate surface area is 139 Å². The fourth-order valence-electron chi connectivity index (χ4n) is 2.28. The monoisotopic (exact) mass is 320 g/mol. The number of hydrogen-bond acceptors (Lipinski definition) is 4. The van der Waals surface area contributed by atoms with E-state index in [1.54, 1.807) is 41.9 Å². The zero-order valence-electron chi connectivity index (χ0n) is 12.8. The predicted octanol–water partition coefficient (Wildman–Crippen LogP) is 4.66. The Morgan fingerprint density at radius 1 is 1.22 bits per heavy atom. The lowest BCUT2D eigenvalue weighted by Crippen LogP contribution is -2.00. The molecule has 0 unspecified atom stereocenters. The lowest BCUT2D eigenvalue weighted by atomic mass is 10.0. The Bertz CT molecular complexity index is 837. The highest BCUT2D eigenvalue weighted by molar-refractivity contribution is 7.13. The molecule has 0 fully saturated rings. The molecule has 0 spiro atoms. The molecule has 1 aromatic carbocycles. The molecule has 2 heterocycles. The van der Waals surface area contributed by atoms with Gasteiger partial charge < -0.3 is 0 Å². The SMILES string of the molecule is CCc1cnccc1C(=O)/C=C/c1csc(-c2ccccc2)n1. The van der Waals surface area contributed by atoms with Crippen LogP contribution in [0, 0.1) is 0 Å². The number of aryl methyl sites for hydroxylation is 1. The lowest BCUT2D eigenvalue weighted by Gasteiger charge is -2.02. The summed E-state index contributed by atoms with van der Waals surface area (Å²) in [6.07, 6.45) is 7.54. The number of nitrogens with zero attached hydrogens (tertiary/aromatic N) is 2. The van der Waals surface area contributed by atoms with E-state index in [9.17, 15) is 4.79 Å². The lowest BCUT2D eigenvalue weighted by molar-refractivity contribution is 0.104. The van der Waals surface area contributed by atoms with Crippen molar-refractivity contribution in [2.24, 2.45) is 0 Å². The van der Waals surface area contributed by atoms with Crippen molar-refractivity contribution in [3.63, 3.8) is 0 Å². The van der Waals surface area contributed by atoms with Gasteiger partial charge in [0.15, 0.2) is 5.78 Å². The molecule has 0 bridgehead atoms. The first-order valence-electron chi connectivity index (χ1n) is 7.44. The Hall–Kier alpha value is -2.59. The summed E-state index contributed by atoms with van der Waals surface area (Å²) in [5.74, 6) is -0.0153. The maximum atomic E-state index is 12.3. The van der Waals surface area contributed by atoms with Crippen molar-refractivity contribution >= 4 is 23.2 Å². The first-order valence-corrected chi connectivity index (χ1v) is 8.32. The average molecular weight is 320 g/mol. The number of carbonyl (C=O) groups is 1. The minimum Gasteiger partial charge on any atom is -0.289 e. The zero-order valence-corrected chi connectivity index (χ0v) is 13.6. The molecule has 0 N–H and O–H groups in total. The van der Waals surface area contributed by atoms with E-state index in [-0.39, 0.29) is 5.78 Å². The number of aromatic nitrogens is 2. The van der Waals surface area contributed by atoms with Crippen LogP contribution in [0.3, 0.4) is 0 Å². The molecule has 0 saturated heterocycles. The molecule has 0 aliphatic carbocycles. The Morgan fingerprint density at radius 2 is 2.04 bits per heavy atom. The molecular formula is C19H16N2OS. The summed E-state index contributed by atoms with van der Waals surface area (Å²) in [6.45, 7) is 2.02. The van der Waals surface area contributed by atoms with E-state index in [4.69, 9.17) is 0 Å². The van der Waals surface area contributed by atoms with Crippen molar-refractivity contribution in [3.8, 4) is 10.6 Å². The first-order chi connectivity index (χ1) is 11.3. The van der Waals surface area contributed by atoms with Gasteiger partial charge in [-0.25, -0.2) is 4.98 Å². The average Bonchev–Trinajstić information content (AvgIpc) is 3.09. The van der Waals surface area contributed by atoms with Crippen LogP contribution in [0.4, 0.5) is 0 Å². The highest BCUT2D eigenvalue weighted by Crippen LogP contribution is 2.23. The van der Waals surface area contributed by atoms with Crippen LogP contribution in [0.1, 0.15) is 28.5 Å². The van der Waals surface area contributed by atoms with Gasteiger partial charge in [-0.3, -0.25) is 9.78 Å². The van der Waals surface area contributed by atoms with E-state index in [2.05, 4.69) is 9.97 Å². The summed E-state index contributed by atoms with van der Waals surface area (Å²) in [5.41, 5.74) is 3.56. The smallest absolute Gasteiger partial charge is 0.186 e. The molecule has 23 heavy (non-hydrogen) atoms. The van der Waals surface area contributed by atoms with Crippen LogP contribution < -0.4 is 0 Å². The number of rotatable bonds is 5. The number of benzene rings is 1. The van der Waals surface area contributed by atoms with Crippen molar-refractivity contribution in [3.05, 3.63) is 77.1 Å². The van der Waals surface area contributed by atoms with Gasteiger partial charge in [-0.1, -0.05) is 37.3 Å². The number of pyridine rings is 1. The molecule has 0 radical (unpaired) electrons. The summed E-state index contributed by atoms with van der Waals surface area (Å²) >= 11 is 1.57. The number of allylic oxidation sites excluding steroid dienone is 1. The maximum absolute atomic E-state index is 12.3. The van der Waals surface area contributed by atoms with Crippen LogP contribution in [-0.4, -0.2) is 15.8 Å². The highest BCUT2D eigenvalue weighted by atomic mass is 32.1. The fourth-order valence-corrected chi connectivity index (χ4v) is 3.07. The third-order valence-corrected chi connectivity index (χ3v) is 4.41. The molecule has 0 aliphatic heterocycles. The normalized spacial score (nSPS) is 11.0. The molecule has 0 saturated carbocycles. The summed E-state index contributed by atoms with van der Waals surface area (Å²) < 4.78 is 0. The number of hydrogen-bond donors (Lipinski definition) is 0. The molecule has 0 aliphatic rings. The first kappa shape index (κ1) is 15.3. The van der Waals surface area contributed by atoms with E-state index in [0.717, 1.165) is 28.2 Å². The van der Waals surface area contributed by atoms with Crippen molar-refractivity contribution in [1.82, 2.24) is 9.97 Å². The second-order valence-corrected chi connectivity index (χ2v) is 5.89. The zero-order chi connectivity index (χ0) is 16.1. The van der Waals surface area contributed by atoms with Gasteiger partial charge in [-0.2, -0.15) is 0 Å². The predicted molar refractivity (Wildman–Crippen MR) is 94.5 cm³/mol. The van der Waals surface area contributed by atoms with Gasteiger partial charge in [0.25, 0.3) is 0 Å². The Kier molecular flexibility index (Phi) is 4.74. The topological polar surface area (TPSA) is 42.9 Å². The van der Waals surface area contributed by atoms with Crippen LogP contribution >= 0.6 is 11.3 Å². The van der Waals surface area contributed by atoms with E-state index >= 15 is 0 Å². The molecule has 3 rings (SSSR count). The summed E-state index contributed by atoms with van der Waals surface area (Å²) in [4.78, 5) is 21.0. The number of carbonyl (C=O) groups excluding carboxylic acids is 1. The Morgan fingerprint density at radius 3 is 2.83 bits per heavy atom. The van der Waals surface area contributed by atoms with Gasteiger partial charge in [0.05, 0.1) is 5.69 Å². The van der Waals surface area contributed by atoms with E-state index in [1.165, 1.54) is 0 Å². The summed E-state index contributed by atoms with van der Waals surface area (Å²) in [6, 6.07) is 11.8. The van der Waals surface area contributed by atoms with E-state index in [1.807, 2.05) is 42.6 Å². The van der Waals surface area contributed by atoms with Crippen LogP contribution in [0.15, 0.2) is 60.2 Å². The highest BCUT2D eigenvalue weighted by Gasteiger charge is 2.08. The molecule has 2 aromatic heterocycles. The standard InChI is InChI=1S/C19H16N2OS/c1-2-14-12-20-11-10-17(14)18(22)9-8-16-13-23-19(21-16)15-6-4-3-5-7-15/h3-13H,2H2,1H3/b9-8+. The Balaban J connectivity index is 1.78. The van der Waals surface area contributed by atoms with E-state index in [0.29, 0.717) is 5.56 Å². The molecular weight excluding hydrogens is 304 g/mol. The van der Waals surface area contributed by atoms with Gasteiger partial charge in [0.1, 0.15) is 5.01 Å². The van der Waals surface area contributed by atoms with Gasteiger partial charge in [-0.15, -0.1) is 11.3 Å². The second-order valence-electron chi connectivity index (χ2n) is 5.03. The largest absolute Gasteiger partial charge is 0.289 e. The van der Waals surface area contributed by atoms with Crippen molar-refractivity contribution in [2.75, 3.05) is 0 Å². The van der Waals surface area contributed by atoms with Crippen molar-refractivity contribution in [1.29, 1.82) is 0 Å².